The van der Waals surface area contributed by atoms with E-state index in [1.165, 1.54) is 4.90 Å². The van der Waals surface area contributed by atoms with Gasteiger partial charge in [0.15, 0.2) is 5.84 Å². The smallest absolute Gasteiger partial charge is 0.258 e. The Labute approximate surface area is 112 Å². The van der Waals surface area contributed by atoms with Crippen molar-refractivity contribution in [3.05, 3.63) is 29.3 Å². The Morgan fingerprint density at radius 2 is 2.11 bits per heavy atom. The molecule has 0 heterocycles. The second-order valence-corrected chi connectivity index (χ2v) is 4.59. The van der Waals surface area contributed by atoms with E-state index in [4.69, 9.17) is 10.9 Å². The summed E-state index contributed by atoms with van der Waals surface area (Å²) in [6, 6.07) is 4.82. The molecule has 104 valence electrons. The molecule has 1 aromatic rings. The first kappa shape index (κ1) is 14.8. The van der Waals surface area contributed by atoms with E-state index in [2.05, 4.69) is 5.16 Å². The van der Waals surface area contributed by atoms with Gasteiger partial charge in [-0.3, -0.25) is 4.79 Å². The average Bonchev–Trinajstić information content (AvgIpc) is 2.37. The van der Waals surface area contributed by atoms with Crippen LogP contribution in [0.5, 0.6) is 5.75 Å². The van der Waals surface area contributed by atoms with Crippen molar-refractivity contribution in [3.63, 3.8) is 0 Å². The molecule has 0 aliphatic carbocycles. The lowest BCUT2D eigenvalue weighted by atomic mass is 10.1. The van der Waals surface area contributed by atoms with Gasteiger partial charge >= 0.3 is 0 Å². The number of amidine groups is 1. The van der Waals surface area contributed by atoms with E-state index < -0.39 is 0 Å². The number of carbonyl (C=O) groups excluding carboxylic acids is 1. The molecule has 0 fully saturated rings. The van der Waals surface area contributed by atoms with Crippen molar-refractivity contribution in [1.82, 2.24) is 4.90 Å². The molecule has 0 spiro atoms. The molecule has 0 aliphatic heterocycles. The van der Waals surface area contributed by atoms with Crippen molar-refractivity contribution < 1.29 is 15.1 Å². The van der Waals surface area contributed by atoms with Crippen LogP contribution in [0.3, 0.4) is 0 Å². The van der Waals surface area contributed by atoms with Crippen molar-refractivity contribution in [3.8, 4) is 5.75 Å². The first-order valence-corrected chi connectivity index (χ1v) is 5.94. The molecule has 0 aliphatic rings. The lowest BCUT2D eigenvalue weighted by molar-refractivity contribution is 0.0731. The van der Waals surface area contributed by atoms with Crippen LogP contribution in [0, 0.1) is 6.92 Å². The summed E-state index contributed by atoms with van der Waals surface area (Å²) < 4.78 is 0. The van der Waals surface area contributed by atoms with Crippen LogP contribution in [-0.2, 0) is 0 Å². The van der Waals surface area contributed by atoms with Crippen LogP contribution in [0.15, 0.2) is 23.4 Å². The van der Waals surface area contributed by atoms with Gasteiger partial charge < -0.3 is 20.9 Å². The number of nitrogens with zero attached hydrogens (tertiary/aromatic N) is 2. The third kappa shape index (κ3) is 3.37. The Bertz CT molecular complexity index is 498. The van der Waals surface area contributed by atoms with Crippen molar-refractivity contribution in [2.24, 2.45) is 10.9 Å². The Hall–Kier alpha value is -2.24. The van der Waals surface area contributed by atoms with Gasteiger partial charge in [-0.2, -0.15) is 0 Å². The Morgan fingerprint density at radius 3 is 2.63 bits per heavy atom. The number of hydrogen-bond donors (Lipinski definition) is 3. The van der Waals surface area contributed by atoms with Crippen LogP contribution in [0.1, 0.15) is 29.8 Å². The first-order chi connectivity index (χ1) is 8.88. The van der Waals surface area contributed by atoms with Crippen molar-refractivity contribution in [1.29, 1.82) is 0 Å². The number of nitrogens with two attached hydrogens (primary N) is 1. The molecule has 4 N–H and O–H groups in total. The molecule has 0 saturated carbocycles. The standard InChI is InChI=1S/C13H19N3O3/c1-8(2)16(7-11(14)15-19)13(18)10-6-4-5-9(3)12(10)17/h4-6,8,17,19H,7H2,1-3H3,(H2,14,15). The summed E-state index contributed by atoms with van der Waals surface area (Å²) in [5.74, 6) is -0.463. The van der Waals surface area contributed by atoms with E-state index in [0.717, 1.165) is 0 Å². The lowest BCUT2D eigenvalue weighted by Crippen LogP contribution is -2.42. The molecule has 0 aromatic heterocycles. The number of oxime groups is 1. The summed E-state index contributed by atoms with van der Waals surface area (Å²) in [4.78, 5) is 13.8. The van der Waals surface area contributed by atoms with Gasteiger partial charge in [0.25, 0.3) is 5.91 Å². The molecule has 0 bridgehead atoms. The fourth-order valence-corrected chi connectivity index (χ4v) is 1.68. The van der Waals surface area contributed by atoms with Crippen molar-refractivity contribution in [2.75, 3.05) is 6.54 Å². The topological polar surface area (TPSA) is 99.2 Å². The minimum atomic E-state index is -0.359. The number of para-hydroxylation sites is 1. The summed E-state index contributed by atoms with van der Waals surface area (Å²) in [7, 11) is 0. The maximum Gasteiger partial charge on any atom is 0.258 e. The third-order valence-corrected chi connectivity index (χ3v) is 2.81. The van der Waals surface area contributed by atoms with Gasteiger partial charge in [-0.15, -0.1) is 0 Å². The normalized spacial score (nSPS) is 11.7. The van der Waals surface area contributed by atoms with E-state index in [0.29, 0.717) is 5.56 Å². The number of carbonyl (C=O) groups is 1. The number of phenolic OH excluding ortho intramolecular Hbond substituents is 1. The second-order valence-electron chi connectivity index (χ2n) is 4.59. The lowest BCUT2D eigenvalue weighted by Gasteiger charge is -2.26. The van der Waals surface area contributed by atoms with Crippen LogP contribution in [0.2, 0.25) is 0 Å². The van der Waals surface area contributed by atoms with Gasteiger partial charge in [0.2, 0.25) is 0 Å². The highest BCUT2D eigenvalue weighted by molar-refractivity contribution is 5.99. The summed E-state index contributed by atoms with van der Waals surface area (Å²) in [6.07, 6.45) is 0. The summed E-state index contributed by atoms with van der Waals surface area (Å²) in [6.45, 7) is 5.35. The average molecular weight is 265 g/mol. The maximum absolute atomic E-state index is 12.4. The number of aromatic hydroxyl groups is 1. The van der Waals surface area contributed by atoms with E-state index in [1.807, 2.05) is 13.8 Å². The van der Waals surface area contributed by atoms with Gasteiger partial charge in [-0.05, 0) is 32.4 Å². The van der Waals surface area contributed by atoms with Crippen LogP contribution < -0.4 is 5.73 Å². The van der Waals surface area contributed by atoms with Crippen LogP contribution in [-0.4, -0.2) is 39.5 Å². The number of rotatable bonds is 4. The van der Waals surface area contributed by atoms with Crippen LogP contribution in [0.25, 0.3) is 0 Å². The minimum Gasteiger partial charge on any atom is -0.507 e. The fraction of sp³-hybridized carbons (Fsp3) is 0.385. The third-order valence-electron chi connectivity index (χ3n) is 2.81. The highest BCUT2D eigenvalue weighted by atomic mass is 16.4. The van der Waals surface area contributed by atoms with Crippen molar-refractivity contribution >= 4 is 11.7 Å². The highest BCUT2D eigenvalue weighted by Gasteiger charge is 2.22. The van der Waals surface area contributed by atoms with E-state index in [1.54, 1.807) is 25.1 Å². The first-order valence-electron chi connectivity index (χ1n) is 5.94. The SMILES string of the molecule is Cc1cccc(C(=O)N(CC(N)=NO)C(C)C)c1O. The van der Waals surface area contributed by atoms with E-state index in [-0.39, 0.29) is 35.6 Å². The molecule has 6 heteroatoms. The molecule has 1 rings (SSSR count). The molecule has 0 unspecified atom stereocenters. The molecule has 0 saturated heterocycles. The number of benzene rings is 1. The van der Waals surface area contributed by atoms with Gasteiger partial charge in [0.1, 0.15) is 5.75 Å². The van der Waals surface area contributed by atoms with Gasteiger partial charge in [-0.1, -0.05) is 17.3 Å². The van der Waals surface area contributed by atoms with E-state index in [9.17, 15) is 9.90 Å². The van der Waals surface area contributed by atoms with Crippen LogP contribution >= 0.6 is 0 Å². The predicted octanol–water partition coefficient (Wildman–Crippen LogP) is 1.30. The Morgan fingerprint density at radius 1 is 1.47 bits per heavy atom. The van der Waals surface area contributed by atoms with Gasteiger partial charge in [0.05, 0.1) is 12.1 Å². The molecule has 6 nitrogen and oxygen atoms in total. The maximum atomic E-state index is 12.4. The number of amides is 1. The number of phenols is 1. The molecule has 0 atom stereocenters. The molecule has 1 amide bonds. The van der Waals surface area contributed by atoms with Gasteiger partial charge in [0, 0.05) is 6.04 Å². The molecular formula is C13H19N3O3. The largest absolute Gasteiger partial charge is 0.507 e. The van der Waals surface area contributed by atoms with Crippen LogP contribution in [0.4, 0.5) is 0 Å². The zero-order valence-corrected chi connectivity index (χ0v) is 11.3. The summed E-state index contributed by atoms with van der Waals surface area (Å²) >= 11 is 0. The second kappa shape index (κ2) is 6.08. The number of hydrogen-bond acceptors (Lipinski definition) is 4. The summed E-state index contributed by atoms with van der Waals surface area (Å²) in [5.41, 5.74) is 6.27. The molecule has 19 heavy (non-hydrogen) atoms. The monoisotopic (exact) mass is 265 g/mol. The molecule has 0 radical (unpaired) electrons. The quantitative estimate of drug-likeness (QED) is 0.330. The van der Waals surface area contributed by atoms with E-state index >= 15 is 0 Å². The molecule has 1 aromatic carbocycles. The summed E-state index contributed by atoms with van der Waals surface area (Å²) in [5, 5.41) is 21.4. The Balaban J connectivity index is 3.10. The Kier molecular flexibility index (Phi) is 4.74. The zero-order valence-electron chi connectivity index (χ0n) is 11.3. The zero-order chi connectivity index (χ0) is 14.6. The predicted molar refractivity (Wildman–Crippen MR) is 72.4 cm³/mol. The minimum absolute atomic E-state index is 0.000379. The molecular weight excluding hydrogens is 246 g/mol. The van der Waals surface area contributed by atoms with Crippen molar-refractivity contribution in [2.45, 2.75) is 26.8 Å². The van der Waals surface area contributed by atoms with Gasteiger partial charge in [-0.25, -0.2) is 0 Å². The highest BCUT2D eigenvalue weighted by Crippen LogP contribution is 2.23. The number of aryl methyl sites for hydroxylation is 1. The fourth-order valence-electron chi connectivity index (χ4n) is 1.68.